The van der Waals surface area contributed by atoms with E-state index in [0.717, 1.165) is 22.0 Å². The largest absolute Gasteiger partial charge is 0.474 e. The molecule has 2 N–H and O–H groups in total. The smallest absolute Gasteiger partial charge is 0.227 e. The molecule has 0 radical (unpaired) electrons. The highest BCUT2D eigenvalue weighted by Crippen LogP contribution is 2.16. The topological polar surface area (TPSA) is 136 Å². The third-order valence-electron chi connectivity index (χ3n) is 2.36. The van der Waals surface area contributed by atoms with Crippen molar-refractivity contribution in [3.05, 3.63) is 18.1 Å². The van der Waals surface area contributed by atoms with Crippen LogP contribution in [0.15, 0.2) is 18.1 Å². The molecule has 0 fully saturated rings. The number of hydrogen-bond acceptors (Lipinski definition) is 7. The SMILES string of the molecule is c1nn(-c2c[n+](-c3nnnn3-c3nn[nH]n3)[nH]p2)cp1. The molecule has 0 atom stereocenters. The lowest BCUT2D eigenvalue weighted by Crippen LogP contribution is -2.35. The summed E-state index contributed by atoms with van der Waals surface area (Å²) >= 11 is 0. The molecule has 0 saturated carbocycles. The van der Waals surface area contributed by atoms with Crippen molar-refractivity contribution in [2.24, 2.45) is 0 Å². The van der Waals surface area contributed by atoms with Gasteiger partial charge in [-0.15, -0.1) is 4.68 Å². The molecule has 0 bridgehead atoms. The van der Waals surface area contributed by atoms with Gasteiger partial charge in [-0.05, 0) is 18.1 Å². The van der Waals surface area contributed by atoms with Crippen molar-refractivity contribution in [3.63, 3.8) is 0 Å². The van der Waals surface area contributed by atoms with Gasteiger partial charge in [-0.3, -0.25) is 0 Å². The molecule has 0 amide bonds. The first-order chi connectivity index (χ1) is 9.92. The fourth-order valence-corrected chi connectivity index (χ4v) is 2.90. The fraction of sp³-hybridized carbons (Fsp3) is 0. The van der Waals surface area contributed by atoms with Gasteiger partial charge in [0.2, 0.25) is 0 Å². The minimum atomic E-state index is 0.259. The number of nitrogens with one attached hydrogen (secondary N) is 2. The second-order valence-electron chi connectivity index (χ2n) is 3.51. The lowest BCUT2D eigenvalue weighted by Gasteiger charge is -1.90. The average molecular weight is 307 g/mol. The lowest BCUT2D eigenvalue weighted by molar-refractivity contribution is -0.659. The van der Waals surface area contributed by atoms with E-state index in [1.807, 2.05) is 18.1 Å². The van der Waals surface area contributed by atoms with Gasteiger partial charge in [0.05, 0.1) is 30.5 Å². The van der Waals surface area contributed by atoms with Gasteiger partial charge in [0.15, 0.2) is 0 Å². The molecule has 14 heteroatoms. The van der Waals surface area contributed by atoms with E-state index in [4.69, 9.17) is 0 Å². The standard InChI is InChI=1S/C6H4N12P2/c1-4(17-3-19-2-7-17)20-15-16(1)6-10-13-14-18(6)5-8-11-12-9-5/h1-3H,(H,8,9,11,12)/p+1. The zero-order valence-corrected chi connectivity index (χ0v) is 11.4. The highest BCUT2D eigenvalue weighted by atomic mass is 31.0. The van der Waals surface area contributed by atoms with Crippen molar-refractivity contribution >= 4 is 16.5 Å². The average Bonchev–Trinajstić information content (AvgIpc) is 3.23. The Hall–Kier alpha value is -2.58. The van der Waals surface area contributed by atoms with Crippen LogP contribution in [0.1, 0.15) is 0 Å². The summed E-state index contributed by atoms with van der Waals surface area (Å²) in [6, 6.07) is 0. The minimum Gasteiger partial charge on any atom is -0.227 e. The van der Waals surface area contributed by atoms with Crippen LogP contribution >= 0.6 is 16.5 Å². The van der Waals surface area contributed by atoms with Crippen LogP contribution in [0, 0.1) is 0 Å². The van der Waals surface area contributed by atoms with E-state index in [1.54, 1.807) is 9.36 Å². The van der Waals surface area contributed by atoms with Crippen LogP contribution in [0.2, 0.25) is 0 Å². The number of H-pyrrole nitrogens is 2. The van der Waals surface area contributed by atoms with Gasteiger partial charge in [-0.2, -0.15) is 10.3 Å². The summed E-state index contributed by atoms with van der Waals surface area (Å²) in [7, 11) is 1.93. The summed E-state index contributed by atoms with van der Waals surface area (Å²) in [5.74, 6) is 4.44. The molecular formula is C6H5N12P2+. The molecule has 4 heterocycles. The predicted octanol–water partition coefficient (Wildman–Crippen LogP) is -0.874. The van der Waals surface area contributed by atoms with Crippen molar-refractivity contribution in [2.75, 3.05) is 0 Å². The van der Waals surface area contributed by atoms with Crippen molar-refractivity contribution < 1.29 is 4.68 Å². The van der Waals surface area contributed by atoms with Gasteiger partial charge >= 0.3 is 11.9 Å². The molecule has 12 nitrogen and oxygen atoms in total. The molecule has 4 aromatic rings. The summed E-state index contributed by atoms with van der Waals surface area (Å²) in [6.45, 7) is 0. The Bertz CT molecular complexity index is 812. The Morgan fingerprint density at radius 1 is 1.30 bits per heavy atom. The van der Waals surface area contributed by atoms with Crippen LogP contribution in [0.25, 0.3) is 17.3 Å². The molecule has 0 aliphatic rings. The van der Waals surface area contributed by atoms with Crippen LogP contribution in [-0.4, -0.2) is 55.5 Å². The third kappa shape index (κ3) is 1.78. The van der Waals surface area contributed by atoms with Gasteiger partial charge in [-0.25, -0.2) is 9.54 Å². The molecular weight excluding hydrogens is 302 g/mol. The number of nitrogens with zero attached hydrogens (tertiary/aromatic N) is 10. The van der Waals surface area contributed by atoms with Crippen LogP contribution in [0.3, 0.4) is 0 Å². The van der Waals surface area contributed by atoms with E-state index in [1.165, 1.54) is 4.68 Å². The van der Waals surface area contributed by atoms with E-state index in [0.29, 0.717) is 5.95 Å². The van der Waals surface area contributed by atoms with Gasteiger partial charge in [0.1, 0.15) is 11.6 Å². The summed E-state index contributed by atoms with van der Waals surface area (Å²) in [4.78, 5) is 3.11. The first kappa shape index (κ1) is 11.3. The number of rotatable bonds is 3. The number of hydrogen-bond donors (Lipinski definition) is 2. The number of tetrazole rings is 2. The highest BCUT2D eigenvalue weighted by Gasteiger charge is 2.24. The van der Waals surface area contributed by atoms with E-state index < -0.39 is 0 Å². The lowest BCUT2D eigenvalue weighted by atomic mass is 10.8. The number of aromatic nitrogens is 12. The van der Waals surface area contributed by atoms with Crippen LogP contribution in [0.5, 0.6) is 0 Å². The second-order valence-corrected chi connectivity index (χ2v) is 5.15. The first-order valence-electron chi connectivity index (χ1n) is 5.26. The zero-order chi connectivity index (χ0) is 13.4. The van der Waals surface area contributed by atoms with E-state index in [-0.39, 0.29) is 5.95 Å². The van der Waals surface area contributed by atoms with Gasteiger partial charge in [0.25, 0.3) is 0 Å². The summed E-state index contributed by atoms with van der Waals surface area (Å²) in [5, 5.41) is 29.1. The van der Waals surface area contributed by atoms with Crippen molar-refractivity contribution in [1.82, 2.24) is 55.5 Å². The van der Waals surface area contributed by atoms with Crippen molar-refractivity contribution in [2.45, 2.75) is 0 Å². The third-order valence-corrected chi connectivity index (χ3v) is 3.82. The monoisotopic (exact) mass is 307 g/mol. The van der Waals surface area contributed by atoms with Gasteiger partial charge in [-0.1, -0.05) is 10.2 Å². The van der Waals surface area contributed by atoms with E-state index in [2.05, 4.69) is 46.1 Å². The quantitative estimate of drug-likeness (QED) is 0.469. The Morgan fingerprint density at radius 3 is 3.10 bits per heavy atom. The molecule has 0 aromatic carbocycles. The summed E-state index contributed by atoms with van der Waals surface area (Å²) < 4.78 is 4.82. The minimum absolute atomic E-state index is 0.259. The number of aromatic amines is 2. The Balaban J connectivity index is 1.78. The summed E-state index contributed by atoms with van der Waals surface area (Å²) in [6.07, 6.45) is 1.85. The van der Waals surface area contributed by atoms with E-state index >= 15 is 0 Å². The molecule has 0 aliphatic carbocycles. The summed E-state index contributed by atoms with van der Waals surface area (Å²) in [5.41, 5.74) is 0.953. The normalized spacial score (nSPS) is 11.8. The molecule has 4 aromatic heterocycles. The molecule has 0 saturated heterocycles. The van der Waals surface area contributed by atoms with E-state index in [9.17, 15) is 0 Å². The molecule has 20 heavy (non-hydrogen) atoms. The van der Waals surface area contributed by atoms with Crippen LogP contribution < -0.4 is 4.68 Å². The maximum Gasteiger partial charge on any atom is 0.474 e. The molecule has 98 valence electrons. The van der Waals surface area contributed by atoms with Gasteiger partial charge in [0, 0.05) is 5.21 Å². The van der Waals surface area contributed by atoms with Crippen LogP contribution in [-0.2, 0) is 0 Å². The Labute approximate surface area is 113 Å². The van der Waals surface area contributed by atoms with Crippen molar-refractivity contribution in [1.29, 1.82) is 0 Å². The first-order valence-corrected chi connectivity index (χ1v) is 7.19. The zero-order valence-electron chi connectivity index (χ0n) is 9.60. The molecule has 0 unspecified atom stereocenters. The highest BCUT2D eigenvalue weighted by molar-refractivity contribution is 7.29. The fourth-order valence-electron chi connectivity index (χ4n) is 1.53. The van der Waals surface area contributed by atoms with Crippen molar-refractivity contribution in [3.8, 4) is 17.3 Å². The molecule has 0 aliphatic heterocycles. The maximum atomic E-state index is 4.21. The molecule has 4 rings (SSSR count). The van der Waals surface area contributed by atoms with Crippen LogP contribution in [0.4, 0.5) is 0 Å². The Morgan fingerprint density at radius 2 is 2.30 bits per heavy atom. The predicted molar refractivity (Wildman–Crippen MR) is 64.9 cm³/mol. The molecule has 0 spiro atoms. The maximum absolute atomic E-state index is 4.21. The second kappa shape index (κ2) is 4.51. The Kier molecular flexibility index (Phi) is 2.54. The van der Waals surface area contributed by atoms with Gasteiger partial charge < -0.3 is 0 Å².